The summed E-state index contributed by atoms with van der Waals surface area (Å²) in [5, 5.41) is 6.72. The number of nitrogens with one attached hydrogen (secondary N) is 2. The van der Waals surface area contributed by atoms with Crippen LogP contribution in [-0.2, 0) is 0 Å². The summed E-state index contributed by atoms with van der Waals surface area (Å²) in [6.07, 6.45) is 0. The van der Waals surface area contributed by atoms with Gasteiger partial charge in [-0.3, -0.25) is 4.99 Å². The van der Waals surface area contributed by atoms with Crippen molar-refractivity contribution in [1.29, 1.82) is 0 Å². The first-order valence-electron chi connectivity index (χ1n) is 6.10. The molecule has 0 bridgehead atoms. The van der Waals surface area contributed by atoms with E-state index in [0.29, 0.717) is 6.04 Å². The monoisotopic (exact) mass is 310 g/mol. The van der Waals surface area contributed by atoms with E-state index in [4.69, 9.17) is 0 Å². The Labute approximate surface area is 117 Å². The van der Waals surface area contributed by atoms with E-state index >= 15 is 0 Å². The van der Waals surface area contributed by atoms with Gasteiger partial charge in [-0.1, -0.05) is 28.1 Å². The van der Waals surface area contributed by atoms with Gasteiger partial charge in [0.25, 0.3) is 0 Å². The van der Waals surface area contributed by atoms with Crippen molar-refractivity contribution in [2.24, 2.45) is 4.99 Å². The quantitative estimate of drug-likeness (QED) is 0.887. The predicted molar refractivity (Wildman–Crippen MR) is 78.9 cm³/mol. The third-order valence-corrected chi connectivity index (χ3v) is 3.40. The molecule has 2 N–H and O–H groups in total. The van der Waals surface area contributed by atoms with Crippen LogP contribution in [0.4, 0.5) is 0 Å². The summed E-state index contributed by atoms with van der Waals surface area (Å²) < 4.78 is 1.11. The van der Waals surface area contributed by atoms with Crippen LogP contribution < -0.4 is 10.6 Å². The summed E-state index contributed by atoms with van der Waals surface area (Å²) in [4.78, 5) is 6.62. The van der Waals surface area contributed by atoms with Gasteiger partial charge in [-0.05, 0) is 31.8 Å². The maximum Gasteiger partial charge on any atom is 0.191 e. The van der Waals surface area contributed by atoms with Gasteiger partial charge < -0.3 is 15.5 Å². The van der Waals surface area contributed by atoms with E-state index in [2.05, 4.69) is 74.8 Å². The minimum absolute atomic E-state index is 0.292. The third-order valence-electron chi connectivity index (χ3n) is 2.87. The number of hydrogen-bond donors (Lipinski definition) is 2. The number of nitrogens with zero attached hydrogens (tertiary/aromatic N) is 2. The van der Waals surface area contributed by atoms with Crippen molar-refractivity contribution in [3.8, 4) is 0 Å². The van der Waals surface area contributed by atoms with E-state index in [1.165, 1.54) is 5.56 Å². The standard InChI is InChI=1S/C13H19BrN4/c1-18(2)8-7-15-13-16-9-12(17-13)10-3-5-11(14)6-4-10/h3-6,12H,7-9H2,1-2H3,(H2,15,16,17). The first-order chi connectivity index (χ1) is 8.65. The minimum atomic E-state index is 0.292. The van der Waals surface area contributed by atoms with Gasteiger partial charge in [-0.15, -0.1) is 0 Å². The van der Waals surface area contributed by atoms with E-state index in [0.717, 1.165) is 30.1 Å². The Morgan fingerprint density at radius 1 is 1.39 bits per heavy atom. The average Bonchev–Trinajstić information content (AvgIpc) is 2.78. The number of guanidine groups is 1. The van der Waals surface area contributed by atoms with Crippen LogP contribution in [0.5, 0.6) is 0 Å². The average molecular weight is 311 g/mol. The fraction of sp³-hybridized carbons (Fsp3) is 0.462. The largest absolute Gasteiger partial charge is 0.355 e. The Bertz CT molecular complexity index is 414. The molecule has 1 atom stereocenters. The van der Waals surface area contributed by atoms with Crippen LogP contribution in [0.15, 0.2) is 33.7 Å². The summed E-state index contributed by atoms with van der Waals surface area (Å²) in [7, 11) is 4.13. The molecule has 0 aliphatic carbocycles. The summed E-state index contributed by atoms with van der Waals surface area (Å²) in [5.74, 6) is 0.907. The van der Waals surface area contributed by atoms with E-state index < -0.39 is 0 Å². The van der Waals surface area contributed by atoms with Crippen LogP contribution in [0.3, 0.4) is 0 Å². The van der Waals surface area contributed by atoms with Gasteiger partial charge in [0.2, 0.25) is 0 Å². The smallest absolute Gasteiger partial charge is 0.191 e. The van der Waals surface area contributed by atoms with Crippen LogP contribution in [0.25, 0.3) is 0 Å². The summed E-state index contributed by atoms with van der Waals surface area (Å²) in [6.45, 7) is 2.71. The SMILES string of the molecule is CN(C)CCNC1=NCC(c2ccc(Br)cc2)N1. The molecule has 5 heteroatoms. The van der Waals surface area contributed by atoms with Gasteiger partial charge in [0.05, 0.1) is 12.6 Å². The first kappa shape index (κ1) is 13.4. The van der Waals surface area contributed by atoms with E-state index in [1.807, 2.05) is 0 Å². The van der Waals surface area contributed by atoms with Gasteiger partial charge >= 0.3 is 0 Å². The van der Waals surface area contributed by atoms with E-state index in [1.54, 1.807) is 0 Å². The lowest BCUT2D eigenvalue weighted by atomic mass is 10.1. The molecule has 1 aliphatic heterocycles. The molecule has 0 radical (unpaired) electrons. The zero-order valence-corrected chi connectivity index (χ0v) is 12.4. The number of likely N-dealkylation sites (N-methyl/N-ethyl adjacent to an activating group) is 1. The molecule has 4 nitrogen and oxygen atoms in total. The molecule has 18 heavy (non-hydrogen) atoms. The lowest BCUT2D eigenvalue weighted by Crippen LogP contribution is -2.38. The van der Waals surface area contributed by atoms with Gasteiger partial charge in [0, 0.05) is 17.6 Å². The number of aliphatic imine (C=N–C) groups is 1. The van der Waals surface area contributed by atoms with Crippen molar-refractivity contribution in [2.75, 3.05) is 33.7 Å². The second-order valence-corrected chi connectivity index (χ2v) is 5.58. The van der Waals surface area contributed by atoms with E-state index in [9.17, 15) is 0 Å². The molecule has 2 rings (SSSR count). The second-order valence-electron chi connectivity index (χ2n) is 4.67. The molecule has 1 aromatic carbocycles. The van der Waals surface area contributed by atoms with Crippen molar-refractivity contribution < 1.29 is 0 Å². The number of hydrogen-bond acceptors (Lipinski definition) is 4. The van der Waals surface area contributed by atoms with Crippen LogP contribution in [0, 0.1) is 0 Å². The summed E-state index contributed by atoms with van der Waals surface area (Å²) >= 11 is 3.45. The van der Waals surface area contributed by atoms with Crippen molar-refractivity contribution in [3.05, 3.63) is 34.3 Å². The molecule has 0 saturated carbocycles. The van der Waals surface area contributed by atoms with Gasteiger partial charge in [-0.25, -0.2) is 0 Å². The maximum absolute atomic E-state index is 4.48. The highest BCUT2D eigenvalue weighted by molar-refractivity contribution is 9.10. The predicted octanol–water partition coefficient (Wildman–Crippen LogP) is 1.60. The molecular formula is C13H19BrN4. The highest BCUT2D eigenvalue weighted by Crippen LogP contribution is 2.19. The summed E-state index contributed by atoms with van der Waals surface area (Å²) in [6, 6.07) is 8.67. The molecule has 0 saturated heterocycles. The third kappa shape index (κ3) is 3.71. The zero-order valence-electron chi connectivity index (χ0n) is 10.8. The normalized spacial score (nSPS) is 18.7. The van der Waals surface area contributed by atoms with Crippen molar-refractivity contribution in [3.63, 3.8) is 0 Å². The molecule has 1 aliphatic rings. The number of benzene rings is 1. The van der Waals surface area contributed by atoms with Crippen LogP contribution in [-0.4, -0.2) is 44.6 Å². The number of halogens is 1. The fourth-order valence-electron chi connectivity index (χ4n) is 1.83. The van der Waals surface area contributed by atoms with Gasteiger partial charge in [0.15, 0.2) is 5.96 Å². The minimum Gasteiger partial charge on any atom is -0.355 e. The topological polar surface area (TPSA) is 39.7 Å². The Balaban J connectivity index is 1.81. The van der Waals surface area contributed by atoms with Crippen LogP contribution in [0.1, 0.15) is 11.6 Å². The molecule has 0 aromatic heterocycles. The first-order valence-corrected chi connectivity index (χ1v) is 6.89. The highest BCUT2D eigenvalue weighted by atomic mass is 79.9. The van der Waals surface area contributed by atoms with Crippen LogP contribution in [0.2, 0.25) is 0 Å². The summed E-state index contributed by atoms with van der Waals surface area (Å²) in [5.41, 5.74) is 1.27. The lowest BCUT2D eigenvalue weighted by molar-refractivity contribution is 0.412. The molecule has 1 unspecified atom stereocenters. The Morgan fingerprint density at radius 2 is 2.11 bits per heavy atom. The Hall–Kier alpha value is -1.07. The van der Waals surface area contributed by atoms with Gasteiger partial charge in [0.1, 0.15) is 0 Å². The Morgan fingerprint density at radius 3 is 2.78 bits per heavy atom. The van der Waals surface area contributed by atoms with Crippen molar-refractivity contribution in [2.45, 2.75) is 6.04 Å². The van der Waals surface area contributed by atoms with E-state index in [-0.39, 0.29) is 0 Å². The van der Waals surface area contributed by atoms with Crippen molar-refractivity contribution in [1.82, 2.24) is 15.5 Å². The second kappa shape index (κ2) is 6.20. The lowest BCUT2D eigenvalue weighted by Gasteiger charge is -2.14. The number of rotatable bonds is 4. The molecule has 0 fully saturated rings. The molecule has 1 aromatic rings. The van der Waals surface area contributed by atoms with Crippen LogP contribution >= 0.6 is 15.9 Å². The zero-order chi connectivity index (χ0) is 13.0. The van der Waals surface area contributed by atoms with Crippen molar-refractivity contribution >= 4 is 21.9 Å². The van der Waals surface area contributed by atoms with Gasteiger partial charge in [-0.2, -0.15) is 0 Å². The maximum atomic E-state index is 4.48. The molecule has 0 spiro atoms. The highest BCUT2D eigenvalue weighted by Gasteiger charge is 2.18. The molecular weight excluding hydrogens is 292 g/mol. The fourth-order valence-corrected chi connectivity index (χ4v) is 2.09. The Kier molecular flexibility index (Phi) is 4.60. The molecule has 1 heterocycles. The molecule has 98 valence electrons. The molecule has 0 amide bonds.